The van der Waals surface area contributed by atoms with Gasteiger partial charge in [-0.1, -0.05) is 0 Å². The molecule has 2 heterocycles. The van der Waals surface area contributed by atoms with Crippen LogP contribution in [0, 0.1) is 0 Å². The Kier molecular flexibility index (Phi) is 12.2. The number of anilines is 1. The number of rotatable bonds is 20. The number of nitrogens with one attached hydrogen (secondary N) is 1. The summed E-state index contributed by atoms with van der Waals surface area (Å²) >= 11 is 0. The molecule has 2 N–H and O–H groups in total. The van der Waals surface area contributed by atoms with Crippen LogP contribution in [0.1, 0.15) is 19.3 Å². The highest BCUT2D eigenvalue weighted by atomic mass is 16.6. The van der Waals surface area contributed by atoms with Crippen molar-refractivity contribution in [3.8, 4) is 0 Å². The van der Waals surface area contributed by atoms with Crippen molar-refractivity contribution in [2.45, 2.75) is 25.8 Å². The summed E-state index contributed by atoms with van der Waals surface area (Å²) in [6.07, 6.45) is 0.471. The fourth-order valence-corrected chi connectivity index (χ4v) is 5.14. The first-order valence-electron chi connectivity index (χ1n) is 15.0. The normalized spacial score (nSPS) is 11.6. The van der Waals surface area contributed by atoms with Gasteiger partial charge in [0.1, 0.15) is 0 Å². The number of carbonyl (C=O) groups is 2. The van der Waals surface area contributed by atoms with Gasteiger partial charge in [-0.2, -0.15) is 0 Å². The van der Waals surface area contributed by atoms with Crippen molar-refractivity contribution in [1.82, 2.24) is 19.4 Å². The summed E-state index contributed by atoms with van der Waals surface area (Å²) in [5, 5.41) is 13.6. The molecule has 2 aromatic carbocycles. The Morgan fingerprint density at radius 3 is 2.00 bits per heavy atom. The van der Waals surface area contributed by atoms with E-state index >= 15 is 0 Å². The molecule has 45 heavy (non-hydrogen) atoms. The number of hydrogen-bond donors (Lipinski definition) is 2. The van der Waals surface area contributed by atoms with Crippen molar-refractivity contribution >= 4 is 50.4 Å². The smallest absolute Gasteiger partial charge is 0.305 e. The highest BCUT2D eigenvalue weighted by Gasteiger charge is 2.19. The summed E-state index contributed by atoms with van der Waals surface area (Å²) in [6.45, 7) is 3.17. The summed E-state index contributed by atoms with van der Waals surface area (Å²) in [4.78, 5) is 56.2. The quantitative estimate of drug-likeness (QED) is 0.107. The minimum absolute atomic E-state index is 0.0291. The van der Waals surface area contributed by atoms with E-state index in [1.807, 2.05) is 42.7 Å². The zero-order valence-electron chi connectivity index (χ0n) is 26.0. The second-order valence-corrected chi connectivity index (χ2v) is 10.7. The van der Waals surface area contributed by atoms with E-state index in [0.29, 0.717) is 75.4 Å². The molecule has 4 rings (SSSR count). The standard InChI is InChI=1S/C31H41N5O9/c1-34(2)31-33-23-8-6-21-27-22(7-9-24(28(23)27)35(31)3)30(41)36(29(21)40)12-4-5-25(37)32-11-14-43-16-18-45-20-19-44-17-15-42-13-10-26(38)39/h6-9H,4-5,10-20H2,1-3H3,(H,32,37)(H,38,39). The monoisotopic (exact) mass is 627 g/mol. The predicted molar refractivity (Wildman–Crippen MR) is 170 cm³/mol. The Hall–Kier alpha value is -4.11. The van der Waals surface area contributed by atoms with Crippen LogP contribution in [0.3, 0.4) is 0 Å². The van der Waals surface area contributed by atoms with Crippen molar-refractivity contribution < 1.29 is 33.6 Å². The second-order valence-electron chi connectivity index (χ2n) is 10.7. The molecule has 0 saturated carbocycles. The van der Waals surface area contributed by atoms with E-state index in [1.165, 1.54) is 4.57 Å². The van der Waals surface area contributed by atoms with Crippen LogP contribution < -0.4 is 21.3 Å². The number of ether oxygens (including phenoxy) is 4. The fraction of sp³-hybridized carbons (Fsp3) is 0.516. The predicted octanol–water partition coefficient (Wildman–Crippen LogP) is 1.34. The van der Waals surface area contributed by atoms with E-state index < -0.39 is 5.97 Å². The highest BCUT2D eigenvalue weighted by Crippen LogP contribution is 2.32. The molecule has 2 aromatic heterocycles. The number of carboxylic acids is 1. The first kappa shape index (κ1) is 33.8. The molecule has 0 bridgehead atoms. The van der Waals surface area contributed by atoms with Crippen LogP contribution in [-0.2, 0) is 42.1 Å². The summed E-state index contributed by atoms with van der Waals surface area (Å²) in [5.41, 5.74) is 0.860. The summed E-state index contributed by atoms with van der Waals surface area (Å²) in [5.74, 6) is -0.326. The third-order valence-corrected chi connectivity index (χ3v) is 7.28. The van der Waals surface area contributed by atoms with Crippen LogP contribution in [0.15, 0.2) is 33.9 Å². The minimum atomic E-state index is -0.896. The Labute approximate surface area is 259 Å². The molecular formula is C31H41N5O9. The van der Waals surface area contributed by atoms with Crippen molar-refractivity contribution in [2.24, 2.45) is 7.05 Å². The van der Waals surface area contributed by atoms with Gasteiger partial charge in [-0.25, -0.2) is 4.98 Å². The largest absolute Gasteiger partial charge is 0.481 e. The Bertz CT molecular complexity index is 1680. The lowest BCUT2D eigenvalue weighted by Crippen LogP contribution is -2.34. The first-order valence-corrected chi connectivity index (χ1v) is 15.0. The third-order valence-electron chi connectivity index (χ3n) is 7.28. The molecular weight excluding hydrogens is 586 g/mol. The minimum Gasteiger partial charge on any atom is -0.481 e. The molecule has 4 aromatic rings. The Morgan fingerprint density at radius 1 is 0.822 bits per heavy atom. The maximum Gasteiger partial charge on any atom is 0.305 e. The summed E-state index contributed by atoms with van der Waals surface area (Å²) in [7, 11) is 5.73. The van der Waals surface area contributed by atoms with Gasteiger partial charge < -0.3 is 38.8 Å². The number of hydrogen-bond acceptors (Lipinski definition) is 10. The van der Waals surface area contributed by atoms with Gasteiger partial charge in [-0.15, -0.1) is 0 Å². The Balaban J connectivity index is 1.17. The van der Waals surface area contributed by atoms with Gasteiger partial charge in [0.15, 0.2) is 0 Å². The third kappa shape index (κ3) is 8.54. The molecule has 0 unspecified atom stereocenters. The van der Waals surface area contributed by atoms with Crippen molar-refractivity contribution in [1.29, 1.82) is 0 Å². The molecule has 0 fully saturated rings. The van der Waals surface area contributed by atoms with Crippen LogP contribution in [0.5, 0.6) is 0 Å². The fourth-order valence-electron chi connectivity index (χ4n) is 5.14. The van der Waals surface area contributed by atoms with Crippen LogP contribution in [0.2, 0.25) is 0 Å². The molecule has 244 valence electrons. The lowest BCUT2D eigenvalue weighted by atomic mass is 10.00. The lowest BCUT2D eigenvalue weighted by molar-refractivity contribution is -0.138. The summed E-state index contributed by atoms with van der Waals surface area (Å²) in [6, 6.07) is 7.19. The van der Waals surface area contributed by atoms with E-state index in [-0.39, 0.29) is 43.0 Å². The van der Waals surface area contributed by atoms with Crippen LogP contribution in [0.25, 0.3) is 32.6 Å². The van der Waals surface area contributed by atoms with Crippen molar-refractivity contribution in [3.05, 3.63) is 45.0 Å². The number of carbonyl (C=O) groups excluding carboxylic acids is 1. The van der Waals surface area contributed by atoms with Gasteiger partial charge in [0.25, 0.3) is 11.1 Å². The molecule has 0 aliphatic carbocycles. The molecule has 0 spiro atoms. The highest BCUT2D eigenvalue weighted by molar-refractivity contribution is 6.21. The molecule has 0 atom stereocenters. The number of carboxylic acid groups (broad SMARTS) is 1. The van der Waals surface area contributed by atoms with Crippen molar-refractivity contribution in [2.75, 3.05) is 78.4 Å². The van der Waals surface area contributed by atoms with Gasteiger partial charge in [0.05, 0.1) is 70.3 Å². The van der Waals surface area contributed by atoms with Gasteiger partial charge in [-0.05, 0) is 30.7 Å². The van der Waals surface area contributed by atoms with Gasteiger partial charge in [-0.3, -0.25) is 23.7 Å². The molecule has 1 amide bonds. The topological polar surface area (TPSA) is 163 Å². The van der Waals surface area contributed by atoms with Crippen LogP contribution in [0.4, 0.5) is 5.95 Å². The van der Waals surface area contributed by atoms with Gasteiger partial charge in [0.2, 0.25) is 11.9 Å². The Morgan fingerprint density at radius 2 is 1.40 bits per heavy atom. The van der Waals surface area contributed by atoms with Crippen molar-refractivity contribution in [3.63, 3.8) is 0 Å². The van der Waals surface area contributed by atoms with E-state index in [0.717, 1.165) is 22.4 Å². The number of aryl methyl sites for hydroxylation is 1. The van der Waals surface area contributed by atoms with Gasteiger partial charge >= 0.3 is 5.97 Å². The summed E-state index contributed by atoms with van der Waals surface area (Å²) < 4.78 is 24.5. The number of benzene rings is 2. The zero-order chi connectivity index (χ0) is 32.3. The van der Waals surface area contributed by atoms with Gasteiger partial charge in [0, 0.05) is 62.2 Å². The number of nitrogens with zero attached hydrogens (tertiary/aromatic N) is 4. The van der Waals surface area contributed by atoms with Crippen LogP contribution >= 0.6 is 0 Å². The molecule has 0 aliphatic rings. The number of aromatic nitrogens is 3. The molecule has 14 heteroatoms. The maximum atomic E-state index is 13.4. The van der Waals surface area contributed by atoms with Crippen LogP contribution in [-0.4, -0.2) is 105 Å². The van der Waals surface area contributed by atoms with E-state index in [9.17, 15) is 19.2 Å². The number of amides is 1. The zero-order valence-corrected chi connectivity index (χ0v) is 26.0. The maximum absolute atomic E-state index is 13.4. The van der Waals surface area contributed by atoms with E-state index in [1.54, 1.807) is 12.1 Å². The number of aliphatic carboxylic acids is 1. The SMILES string of the molecule is CN(C)c1nc2ccc3c(=O)n(CCCC(=O)NCCOCCOCCOCCOCCC(=O)O)c(=O)c4ccc(c2c34)n1C. The van der Waals surface area contributed by atoms with E-state index in [2.05, 4.69) is 5.32 Å². The molecule has 0 radical (unpaired) electrons. The number of pyridine rings is 1. The molecule has 0 saturated heterocycles. The lowest BCUT2D eigenvalue weighted by Gasteiger charge is -2.20. The molecule has 14 nitrogen and oxygen atoms in total. The molecule has 0 aliphatic heterocycles. The average Bonchev–Trinajstić information content (AvgIpc) is 3.01. The van der Waals surface area contributed by atoms with E-state index in [4.69, 9.17) is 29.0 Å². The average molecular weight is 628 g/mol. The first-order chi connectivity index (χ1) is 21.7. The second kappa shape index (κ2) is 16.3.